The summed E-state index contributed by atoms with van der Waals surface area (Å²) in [5, 5.41) is 4.01. The van der Waals surface area contributed by atoms with Crippen LogP contribution in [0.25, 0.3) is 0 Å². The van der Waals surface area contributed by atoms with Crippen molar-refractivity contribution in [2.45, 2.75) is 39.2 Å². The van der Waals surface area contributed by atoms with E-state index < -0.39 is 0 Å². The van der Waals surface area contributed by atoms with Gasteiger partial charge in [0.15, 0.2) is 0 Å². The standard InChI is InChI=1S/C13H21ClN4/c1-3-11-12(14)15-9-16-13(11)17-10(2)8-18-6-4-5-7-18/h9-10H,3-8H2,1-2H3,(H,15,16,17). The molecule has 1 atom stereocenters. The Morgan fingerprint density at radius 1 is 1.39 bits per heavy atom. The zero-order valence-electron chi connectivity index (χ0n) is 11.1. The fraction of sp³-hybridized carbons (Fsp3) is 0.692. The molecule has 1 aromatic heterocycles. The number of hydrogen-bond acceptors (Lipinski definition) is 4. The maximum Gasteiger partial charge on any atom is 0.137 e. The number of halogens is 1. The molecular formula is C13H21ClN4. The second kappa shape index (κ2) is 6.34. The first-order valence-corrected chi connectivity index (χ1v) is 7.06. The van der Waals surface area contributed by atoms with Crippen molar-refractivity contribution in [1.82, 2.24) is 14.9 Å². The molecule has 5 heteroatoms. The third-order valence-corrected chi connectivity index (χ3v) is 3.69. The Balaban J connectivity index is 1.97. The summed E-state index contributed by atoms with van der Waals surface area (Å²) in [4.78, 5) is 10.8. The van der Waals surface area contributed by atoms with Gasteiger partial charge >= 0.3 is 0 Å². The SMILES string of the molecule is CCc1c(Cl)ncnc1NC(C)CN1CCCC1. The summed E-state index contributed by atoms with van der Waals surface area (Å²) in [6.07, 6.45) is 5.02. The van der Waals surface area contributed by atoms with Crippen LogP contribution in [0.3, 0.4) is 0 Å². The third kappa shape index (κ3) is 3.33. The summed E-state index contributed by atoms with van der Waals surface area (Å²) in [6, 6.07) is 0.374. The summed E-state index contributed by atoms with van der Waals surface area (Å²) in [5.74, 6) is 0.879. The lowest BCUT2D eigenvalue weighted by Gasteiger charge is -2.22. The molecule has 1 saturated heterocycles. The van der Waals surface area contributed by atoms with Crippen molar-refractivity contribution < 1.29 is 0 Å². The molecule has 0 amide bonds. The van der Waals surface area contributed by atoms with Crippen LogP contribution < -0.4 is 5.32 Å². The van der Waals surface area contributed by atoms with Crippen molar-refractivity contribution in [3.8, 4) is 0 Å². The predicted molar refractivity (Wildman–Crippen MR) is 75.2 cm³/mol. The highest BCUT2D eigenvalue weighted by Crippen LogP contribution is 2.21. The minimum atomic E-state index is 0.374. The smallest absolute Gasteiger partial charge is 0.137 e. The molecule has 18 heavy (non-hydrogen) atoms. The first-order chi connectivity index (χ1) is 8.70. The van der Waals surface area contributed by atoms with Crippen LogP contribution in [0.2, 0.25) is 5.15 Å². The Kier molecular flexibility index (Phi) is 4.78. The molecule has 2 heterocycles. The highest BCUT2D eigenvalue weighted by Gasteiger charge is 2.16. The monoisotopic (exact) mass is 268 g/mol. The van der Waals surface area contributed by atoms with E-state index in [1.807, 2.05) is 0 Å². The molecule has 0 bridgehead atoms. The molecule has 1 unspecified atom stereocenters. The third-order valence-electron chi connectivity index (χ3n) is 3.36. The summed E-state index contributed by atoms with van der Waals surface area (Å²) >= 11 is 6.08. The van der Waals surface area contributed by atoms with Gasteiger partial charge in [-0.1, -0.05) is 18.5 Å². The van der Waals surface area contributed by atoms with Gasteiger partial charge in [-0.2, -0.15) is 0 Å². The number of rotatable bonds is 5. The van der Waals surface area contributed by atoms with Crippen molar-refractivity contribution in [3.63, 3.8) is 0 Å². The molecule has 0 saturated carbocycles. The average molecular weight is 269 g/mol. The molecule has 1 aliphatic heterocycles. The van der Waals surface area contributed by atoms with Crippen molar-refractivity contribution in [1.29, 1.82) is 0 Å². The molecule has 4 nitrogen and oxygen atoms in total. The minimum Gasteiger partial charge on any atom is -0.366 e. The topological polar surface area (TPSA) is 41.1 Å². The number of anilines is 1. The highest BCUT2D eigenvalue weighted by atomic mass is 35.5. The number of aromatic nitrogens is 2. The molecule has 0 aromatic carbocycles. The fourth-order valence-electron chi connectivity index (χ4n) is 2.46. The quantitative estimate of drug-likeness (QED) is 0.834. The largest absolute Gasteiger partial charge is 0.366 e. The van der Waals surface area contributed by atoms with E-state index in [-0.39, 0.29) is 0 Å². The van der Waals surface area contributed by atoms with E-state index in [4.69, 9.17) is 11.6 Å². The normalized spacial score (nSPS) is 17.9. The van der Waals surface area contributed by atoms with Gasteiger partial charge in [0.25, 0.3) is 0 Å². The van der Waals surface area contributed by atoms with Crippen LogP contribution in [-0.2, 0) is 6.42 Å². The van der Waals surface area contributed by atoms with Gasteiger partial charge in [-0.25, -0.2) is 9.97 Å². The molecule has 0 spiro atoms. The molecule has 0 aliphatic carbocycles. The second-order valence-electron chi connectivity index (χ2n) is 4.90. The minimum absolute atomic E-state index is 0.374. The Morgan fingerprint density at radius 2 is 2.11 bits per heavy atom. The van der Waals surface area contributed by atoms with Crippen molar-refractivity contribution in [2.24, 2.45) is 0 Å². The molecule has 100 valence electrons. The zero-order valence-corrected chi connectivity index (χ0v) is 11.9. The van der Waals surface area contributed by atoms with Gasteiger partial charge in [-0.15, -0.1) is 0 Å². The van der Waals surface area contributed by atoms with E-state index in [0.29, 0.717) is 11.2 Å². The van der Waals surface area contributed by atoms with Crippen LogP contribution in [0, 0.1) is 0 Å². The fourth-order valence-corrected chi connectivity index (χ4v) is 2.73. The van der Waals surface area contributed by atoms with E-state index in [1.54, 1.807) is 0 Å². The molecule has 1 fully saturated rings. The van der Waals surface area contributed by atoms with E-state index in [0.717, 1.165) is 24.3 Å². The molecule has 1 aromatic rings. The summed E-state index contributed by atoms with van der Waals surface area (Å²) < 4.78 is 0. The van der Waals surface area contributed by atoms with Crippen LogP contribution in [0.15, 0.2) is 6.33 Å². The van der Waals surface area contributed by atoms with Gasteiger partial charge in [-0.05, 0) is 39.3 Å². The van der Waals surface area contributed by atoms with Crippen LogP contribution in [-0.4, -0.2) is 40.5 Å². The zero-order chi connectivity index (χ0) is 13.0. The molecule has 1 N–H and O–H groups in total. The van der Waals surface area contributed by atoms with Crippen molar-refractivity contribution >= 4 is 17.4 Å². The highest BCUT2D eigenvalue weighted by molar-refractivity contribution is 6.30. The lowest BCUT2D eigenvalue weighted by atomic mass is 10.2. The van der Waals surface area contributed by atoms with E-state index >= 15 is 0 Å². The van der Waals surface area contributed by atoms with Crippen molar-refractivity contribution in [2.75, 3.05) is 25.0 Å². The number of likely N-dealkylation sites (tertiary alicyclic amines) is 1. The average Bonchev–Trinajstić information content (AvgIpc) is 2.82. The lowest BCUT2D eigenvalue weighted by molar-refractivity contribution is 0.327. The molecule has 2 rings (SSSR count). The molecular weight excluding hydrogens is 248 g/mol. The number of nitrogens with one attached hydrogen (secondary N) is 1. The first kappa shape index (κ1) is 13.6. The summed E-state index contributed by atoms with van der Waals surface area (Å²) in [5.41, 5.74) is 1.01. The van der Waals surface area contributed by atoms with E-state index in [2.05, 4.69) is 34.0 Å². The maximum atomic E-state index is 6.08. The van der Waals surface area contributed by atoms with Gasteiger partial charge < -0.3 is 10.2 Å². The van der Waals surface area contributed by atoms with E-state index in [9.17, 15) is 0 Å². The number of nitrogens with zero attached hydrogens (tertiary/aromatic N) is 3. The lowest BCUT2D eigenvalue weighted by Crippen LogP contribution is -2.33. The molecule has 0 radical (unpaired) electrons. The van der Waals surface area contributed by atoms with Gasteiger partial charge in [0.05, 0.1) is 0 Å². The second-order valence-corrected chi connectivity index (χ2v) is 5.26. The van der Waals surface area contributed by atoms with Crippen LogP contribution in [0.5, 0.6) is 0 Å². The summed E-state index contributed by atoms with van der Waals surface area (Å²) in [7, 11) is 0. The first-order valence-electron chi connectivity index (χ1n) is 6.69. The van der Waals surface area contributed by atoms with Crippen LogP contribution >= 0.6 is 11.6 Å². The Labute approximate surface area is 114 Å². The maximum absolute atomic E-state index is 6.08. The summed E-state index contributed by atoms with van der Waals surface area (Å²) in [6.45, 7) is 7.76. The molecule has 1 aliphatic rings. The number of hydrogen-bond donors (Lipinski definition) is 1. The Hall–Kier alpha value is -0.870. The predicted octanol–water partition coefficient (Wildman–Crippen LogP) is 2.59. The van der Waals surface area contributed by atoms with E-state index in [1.165, 1.54) is 32.3 Å². The van der Waals surface area contributed by atoms with Crippen LogP contribution in [0.4, 0.5) is 5.82 Å². The van der Waals surface area contributed by atoms with Gasteiger partial charge in [0.2, 0.25) is 0 Å². The van der Waals surface area contributed by atoms with Crippen LogP contribution in [0.1, 0.15) is 32.3 Å². The Morgan fingerprint density at radius 3 is 2.78 bits per heavy atom. The van der Waals surface area contributed by atoms with Crippen molar-refractivity contribution in [3.05, 3.63) is 17.0 Å². The van der Waals surface area contributed by atoms with Gasteiger partial charge in [0.1, 0.15) is 17.3 Å². The van der Waals surface area contributed by atoms with Gasteiger partial charge in [-0.3, -0.25) is 0 Å². The van der Waals surface area contributed by atoms with Gasteiger partial charge in [0, 0.05) is 18.2 Å². The Bertz CT molecular complexity index is 391.